The van der Waals surface area contributed by atoms with Crippen molar-refractivity contribution in [2.75, 3.05) is 7.11 Å². The van der Waals surface area contributed by atoms with E-state index in [9.17, 15) is 0 Å². The predicted octanol–water partition coefficient (Wildman–Crippen LogP) is 3.14. The molecule has 1 aromatic carbocycles. The maximum Gasteiger partial charge on any atom is 0.257 e. The zero-order chi connectivity index (χ0) is 17.1. The highest BCUT2D eigenvalue weighted by molar-refractivity contribution is 7.98. The van der Waals surface area contributed by atoms with Gasteiger partial charge >= 0.3 is 0 Å². The van der Waals surface area contributed by atoms with Crippen LogP contribution in [-0.2, 0) is 5.75 Å². The van der Waals surface area contributed by atoms with Crippen LogP contribution in [0.4, 0.5) is 0 Å². The van der Waals surface area contributed by atoms with Crippen molar-refractivity contribution >= 4 is 11.8 Å². The van der Waals surface area contributed by atoms with Crippen molar-refractivity contribution < 1.29 is 9.26 Å². The zero-order valence-electron chi connectivity index (χ0n) is 13.8. The topological polar surface area (TPSA) is 91.8 Å². The molecule has 9 heteroatoms. The third-order valence-corrected chi connectivity index (χ3v) is 5.20. The molecule has 2 heterocycles. The van der Waals surface area contributed by atoms with Crippen LogP contribution in [0.5, 0.6) is 5.75 Å². The molecule has 0 aliphatic heterocycles. The van der Waals surface area contributed by atoms with Gasteiger partial charge < -0.3 is 9.26 Å². The molecule has 4 rings (SSSR count). The summed E-state index contributed by atoms with van der Waals surface area (Å²) in [6.45, 7) is 0. The number of benzene rings is 1. The highest BCUT2D eigenvalue weighted by Gasteiger charge is 2.22. The van der Waals surface area contributed by atoms with E-state index in [1.54, 1.807) is 7.11 Å². The molecule has 0 unspecified atom stereocenters. The van der Waals surface area contributed by atoms with Crippen molar-refractivity contribution in [3.05, 3.63) is 30.1 Å². The largest absolute Gasteiger partial charge is 0.497 e. The minimum atomic E-state index is 0.414. The van der Waals surface area contributed by atoms with Crippen LogP contribution in [0.1, 0.15) is 37.5 Å². The second kappa shape index (κ2) is 7.22. The Morgan fingerprint density at radius 3 is 2.80 bits per heavy atom. The third-order valence-electron chi connectivity index (χ3n) is 4.27. The van der Waals surface area contributed by atoms with Gasteiger partial charge in [-0.2, -0.15) is 4.98 Å². The molecule has 130 valence electrons. The summed E-state index contributed by atoms with van der Waals surface area (Å²) in [5, 5.41) is 16.9. The molecule has 2 aromatic heterocycles. The number of nitrogens with zero attached hydrogens (tertiary/aromatic N) is 6. The molecule has 1 saturated carbocycles. The van der Waals surface area contributed by atoms with Gasteiger partial charge in [0, 0.05) is 5.56 Å². The molecule has 1 aliphatic carbocycles. The lowest BCUT2D eigenvalue weighted by molar-refractivity contribution is 0.414. The van der Waals surface area contributed by atoms with Gasteiger partial charge in [-0.25, -0.2) is 4.68 Å². The number of hydrogen-bond donors (Lipinski definition) is 0. The first kappa shape index (κ1) is 16.1. The van der Waals surface area contributed by atoms with Crippen LogP contribution in [-0.4, -0.2) is 37.5 Å². The highest BCUT2D eigenvalue weighted by Crippen LogP contribution is 2.32. The Bertz CT molecular complexity index is 825. The van der Waals surface area contributed by atoms with Crippen molar-refractivity contribution in [1.82, 2.24) is 30.3 Å². The number of aromatic nitrogens is 6. The van der Waals surface area contributed by atoms with Gasteiger partial charge in [0.25, 0.3) is 5.89 Å². The molecule has 0 saturated heterocycles. The molecule has 0 atom stereocenters. The Morgan fingerprint density at radius 2 is 2.04 bits per heavy atom. The normalized spacial score (nSPS) is 14.9. The second-order valence-electron chi connectivity index (χ2n) is 5.88. The Labute approximate surface area is 148 Å². The molecule has 0 bridgehead atoms. The summed E-state index contributed by atoms with van der Waals surface area (Å²) >= 11 is 1.53. The van der Waals surface area contributed by atoms with E-state index in [1.807, 2.05) is 28.9 Å². The lowest BCUT2D eigenvalue weighted by Gasteiger charge is -2.09. The summed E-state index contributed by atoms with van der Waals surface area (Å²) in [4.78, 5) is 4.45. The Balaban J connectivity index is 1.42. The molecule has 0 amide bonds. The number of thioether (sulfide) groups is 1. The van der Waals surface area contributed by atoms with Crippen LogP contribution in [0.15, 0.2) is 33.9 Å². The highest BCUT2D eigenvalue weighted by atomic mass is 32.2. The average Bonchev–Trinajstić information content (AvgIpc) is 3.40. The fourth-order valence-corrected chi connectivity index (χ4v) is 3.74. The van der Waals surface area contributed by atoms with Crippen LogP contribution in [0.25, 0.3) is 11.5 Å². The van der Waals surface area contributed by atoms with Gasteiger partial charge in [0.05, 0.1) is 18.9 Å². The molecule has 8 nitrogen and oxygen atoms in total. The second-order valence-corrected chi connectivity index (χ2v) is 6.82. The molecular weight excluding hydrogens is 340 g/mol. The summed E-state index contributed by atoms with van der Waals surface area (Å²) in [6, 6.07) is 7.93. The number of methoxy groups -OCH3 is 1. The predicted molar refractivity (Wildman–Crippen MR) is 91.2 cm³/mol. The molecule has 3 aromatic rings. The number of hydrogen-bond acceptors (Lipinski definition) is 8. The smallest absolute Gasteiger partial charge is 0.257 e. The van der Waals surface area contributed by atoms with Crippen molar-refractivity contribution in [3.63, 3.8) is 0 Å². The van der Waals surface area contributed by atoms with Crippen molar-refractivity contribution in [2.24, 2.45) is 0 Å². The standard InChI is InChI=1S/C16H18N6O2S/c1-23-13-8-6-11(7-9-13)15-17-14(19-24-15)10-25-16-18-20-21-22(16)12-4-2-3-5-12/h6-9,12H,2-5,10H2,1H3. The first-order chi connectivity index (χ1) is 12.3. The maximum absolute atomic E-state index is 5.35. The monoisotopic (exact) mass is 358 g/mol. The maximum atomic E-state index is 5.35. The van der Waals surface area contributed by atoms with E-state index in [-0.39, 0.29) is 0 Å². The van der Waals surface area contributed by atoms with Crippen molar-refractivity contribution in [1.29, 1.82) is 0 Å². The lowest BCUT2D eigenvalue weighted by atomic mass is 10.2. The Morgan fingerprint density at radius 1 is 1.24 bits per heavy atom. The van der Waals surface area contributed by atoms with Crippen LogP contribution >= 0.6 is 11.8 Å². The molecule has 1 aliphatic rings. The van der Waals surface area contributed by atoms with E-state index < -0.39 is 0 Å². The average molecular weight is 358 g/mol. The first-order valence-electron chi connectivity index (χ1n) is 8.21. The summed E-state index contributed by atoms with van der Waals surface area (Å²) in [7, 11) is 1.64. The molecule has 0 radical (unpaired) electrons. The van der Waals surface area contributed by atoms with Crippen molar-refractivity contribution in [3.8, 4) is 17.2 Å². The molecule has 25 heavy (non-hydrogen) atoms. The van der Waals surface area contributed by atoms with E-state index in [4.69, 9.17) is 9.26 Å². The van der Waals surface area contributed by atoms with Gasteiger partial charge in [-0.3, -0.25) is 0 Å². The number of rotatable bonds is 6. The van der Waals surface area contributed by atoms with Crippen LogP contribution in [0.2, 0.25) is 0 Å². The zero-order valence-corrected chi connectivity index (χ0v) is 14.6. The fraction of sp³-hybridized carbons (Fsp3) is 0.438. The summed E-state index contributed by atoms with van der Waals surface area (Å²) in [5.74, 6) is 2.47. The molecule has 0 N–H and O–H groups in total. The SMILES string of the molecule is COc1ccc(-c2nc(CSc3nnnn3C3CCCC3)no2)cc1. The van der Waals surface area contributed by atoms with E-state index in [0.29, 0.717) is 23.5 Å². The van der Waals surface area contributed by atoms with Gasteiger partial charge in [0.1, 0.15) is 5.75 Å². The minimum absolute atomic E-state index is 0.414. The Kier molecular flexibility index (Phi) is 4.64. The van der Waals surface area contributed by atoms with E-state index in [1.165, 1.54) is 24.6 Å². The van der Waals surface area contributed by atoms with Crippen molar-refractivity contribution in [2.45, 2.75) is 42.6 Å². The van der Waals surface area contributed by atoms with Gasteiger partial charge in [0.2, 0.25) is 5.16 Å². The first-order valence-corrected chi connectivity index (χ1v) is 9.20. The van der Waals surface area contributed by atoms with E-state index >= 15 is 0 Å². The quantitative estimate of drug-likeness (QED) is 0.621. The van der Waals surface area contributed by atoms with Crippen LogP contribution in [0.3, 0.4) is 0 Å². The number of ether oxygens (including phenoxy) is 1. The van der Waals surface area contributed by atoms with Gasteiger partial charge in [0.15, 0.2) is 5.82 Å². The van der Waals surface area contributed by atoms with Gasteiger partial charge in [-0.1, -0.05) is 29.8 Å². The summed E-state index contributed by atoms with van der Waals surface area (Å²) < 4.78 is 12.4. The van der Waals surface area contributed by atoms with Gasteiger partial charge in [-0.05, 0) is 47.5 Å². The molecule has 1 fully saturated rings. The van der Waals surface area contributed by atoms with E-state index in [2.05, 4.69) is 25.7 Å². The molecule has 0 spiro atoms. The fourth-order valence-electron chi connectivity index (χ4n) is 2.95. The third kappa shape index (κ3) is 3.51. The lowest BCUT2D eigenvalue weighted by Crippen LogP contribution is -2.08. The molecular formula is C16H18N6O2S. The Hall–Kier alpha value is -2.42. The van der Waals surface area contributed by atoms with Crippen LogP contribution < -0.4 is 4.74 Å². The summed E-state index contributed by atoms with van der Waals surface area (Å²) in [5.41, 5.74) is 0.861. The summed E-state index contributed by atoms with van der Waals surface area (Å²) in [6.07, 6.45) is 4.76. The van der Waals surface area contributed by atoms with Crippen LogP contribution in [0, 0.1) is 0 Å². The minimum Gasteiger partial charge on any atom is -0.497 e. The van der Waals surface area contributed by atoms with Gasteiger partial charge in [-0.15, -0.1) is 5.10 Å². The number of tetrazole rings is 1. The van der Waals surface area contributed by atoms with E-state index in [0.717, 1.165) is 29.3 Å².